The summed E-state index contributed by atoms with van der Waals surface area (Å²) in [7, 11) is 0. The van der Waals surface area contributed by atoms with Crippen LogP contribution in [-0.4, -0.2) is 19.0 Å². The minimum atomic E-state index is 0.0523. The number of rotatable bonds is 5. The van der Waals surface area contributed by atoms with Crippen LogP contribution in [0.4, 0.5) is 0 Å². The maximum Gasteiger partial charge on any atom is 0.220 e. The molecule has 1 aliphatic rings. The molecular formula is C17H25ClN2O. The Balaban J connectivity index is 1.95. The number of amides is 1. The number of carbonyl (C=O) groups excluding carboxylic acids is 1. The van der Waals surface area contributed by atoms with Crippen LogP contribution in [0.25, 0.3) is 0 Å². The predicted molar refractivity (Wildman–Crippen MR) is 87.4 cm³/mol. The fraction of sp³-hybridized carbons (Fsp3) is 0.588. The van der Waals surface area contributed by atoms with E-state index in [0.29, 0.717) is 18.3 Å². The first kappa shape index (κ1) is 16.3. The number of nitrogens with one attached hydrogen (secondary N) is 2. The van der Waals surface area contributed by atoms with Crippen LogP contribution in [0.2, 0.25) is 5.02 Å². The van der Waals surface area contributed by atoms with Gasteiger partial charge >= 0.3 is 0 Å². The van der Waals surface area contributed by atoms with Crippen molar-refractivity contribution < 1.29 is 4.79 Å². The lowest BCUT2D eigenvalue weighted by molar-refractivity contribution is -0.123. The number of hydrogen-bond donors (Lipinski definition) is 2. The van der Waals surface area contributed by atoms with Gasteiger partial charge in [0.1, 0.15) is 0 Å². The average Bonchev–Trinajstić information content (AvgIpc) is 2.47. The molecule has 1 heterocycles. The Kier molecular flexibility index (Phi) is 6.07. The molecule has 1 fully saturated rings. The number of halogens is 1. The molecular weight excluding hydrogens is 284 g/mol. The molecule has 3 nitrogen and oxygen atoms in total. The quantitative estimate of drug-likeness (QED) is 0.873. The van der Waals surface area contributed by atoms with Crippen molar-refractivity contribution in [2.45, 2.75) is 39.2 Å². The van der Waals surface area contributed by atoms with Crippen molar-refractivity contribution in [3.63, 3.8) is 0 Å². The Hall–Kier alpha value is -1.06. The summed E-state index contributed by atoms with van der Waals surface area (Å²) >= 11 is 5.94. The van der Waals surface area contributed by atoms with Gasteiger partial charge in [-0.1, -0.05) is 37.6 Å². The molecule has 0 bridgehead atoms. The molecule has 0 spiro atoms. The van der Waals surface area contributed by atoms with Gasteiger partial charge in [-0.2, -0.15) is 0 Å². The van der Waals surface area contributed by atoms with E-state index in [0.717, 1.165) is 36.5 Å². The second-order valence-corrected chi connectivity index (χ2v) is 6.67. The highest BCUT2D eigenvalue weighted by Crippen LogP contribution is 2.24. The van der Waals surface area contributed by atoms with Gasteiger partial charge < -0.3 is 10.6 Å². The first-order chi connectivity index (χ1) is 10.1. The van der Waals surface area contributed by atoms with Crippen molar-refractivity contribution in [2.24, 2.45) is 11.8 Å². The van der Waals surface area contributed by atoms with Crippen LogP contribution in [0.1, 0.15) is 44.7 Å². The zero-order valence-electron chi connectivity index (χ0n) is 12.9. The highest BCUT2D eigenvalue weighted by atomic mass is 35.5. The molecule has 0 aliphatic carbocycles. The third kappa shape index (κ3) is 5.01. The molecule has 1 saturated heterocycles. The summed E-state index contributed by atoms with van der Waals surface area (Å²) in [6, 6.07) is 7.81. The average molecular weight is 309 g/mol. The maximum atomic E-state index is 12.3. The fourth-order valence-corrected chi connectivity index (χ4v) is 3.01. The Morgan fingerprint density at radius 3 is 2.48 bits per heavy atom. The Labute approximate surface area is 132 Å². The lowest BCUT2D eigenvalue weighted by Crippen LogP contribution is -2.35. The van der Waals surface area contributed by atoms with E-state index in [1.165, 1.54) is 0 Å². The number of carbonyl (C=O) groups is 1. The van der Waals surface area contributed by atoms with Gasteiger partial charge in [0.2, 0.25) is 5.91 Å². The third-order valence-corrected chi connectivity index (χ3v) is 4.40. The van der Waals surface area contributed by atoms with Crippen molar-refractivity contribution in [3.05, 3.63) is 34.9 Å². The molecule has 0 aromatic heterocycles. The first-order valence-corrected chi connectivity index (χ1v) is 8.19. The summed E-state index contributed by atoms with van der Waals surface area (Å²) in [5.74, 6) is 1.03. The van der Waals surface area contributed by atoms with Gasteiger partial charge in [-0.25, -0.2) is 0 Å². The summed E-state index contributed by atoms with van der Waals surface area (Å²) in [6.45, 7) is 6.32. The highest BCUT2D eigenvalue weighted by molar-refractivity contribution is 6.30. The molecule has 1 aromatic carbocycles. The molecule has 1 aliphatic heterocycles. The molecule has 1 aromatic rings. The van der Waals surface area contributed by atoms with E-state index in [9.17, 15) is 4.79 Å². The molecule has 4 heteroatoms. The largest absolute Gasteiger partial charge is 0.349 e. The number of benzene rings is 1. The van der Waals surface area contributed by atoms with Crippen molar-refractivity contribution in [2.75, 3.05) is 13.1 Å². The molecule has 0 saturated carbocycles. The maximum absolute atomic E-state index is 12.3. The van der Waals surface area contributed by atoms with Crippen LogP contribution in [0.3, 0.4) is 0 Å². The van der Waals surface area contributed by atoms with Crippen molar-refractivity contribution >= 4 is 17.5 Å². The van der Waals surface area contributed by atoms with E-state index in [1.807, 2.05) is 24.3 Å². The van der Waals surface area contributed by atoms with Gasteiger partial charge in [0.25, 0.3) is 0 Å². The zero-order chi connectivity index (χ0) is 15.2. The summed E-state index contributed by atoms with van der Waals surface area (Å²) in [5.41, 5.74) is 1.12. The fourth-order valence-electron chi connectivity index (χ4n) is 2.89. The summed E-state index contributed by atoms with van der Waals surface area (Å²) < 4.78 is 0. The Morgan fingerprint density at radius 1 is 1.29 bits per heavy atom. The van der Waals surface area contributed by atoms with Crippen LogP contribution < -0.4 is 10.6 Å². The second-order valence-electron chi connectivity index (χ2n) is 6.24. The van der Waals surface area contributed by atoms with Crippen LogP contribution in [0.15, 0.2) is 24.3 Å². The molecule has 1 atom stereocenters. The van der Waals surface area contributed by atoms with Gasteiger partial charge in [-0.15, -0.1) is 0 Å². The summed E-state index contributed by atoms with van der Waals surface area (Å²) in [6.07, 6.45) is 2.83. The summed E-state index contributed by atoms with van der Waals surface area (Å²) in [5, 5.41) is 7.26. The summed E-state index contributed by atoms with van der Waals surface area (Å²) in [4.78, 5) is 12.3. The Bertz CT molecular complexity index is 452. The smallest absolute Gasteiger partial charge is 0.220 e. The molecule has 2 rings (SSSR count). The molecule has 21 heavy (non-hydrogen) atoms. The van der Waals surface area contributed by atoms with Crippen LogP contribution in [-0.2, 0) is 4.79 Å². The Morgan fingerprint density at radius 2 is 1.90 bits per heavy atom. The molecule has 1 amide bonds. The second kappa shape index (κ2) is 7.81. The number of hydrogen-bond acceptors (Lipinski definition) is 2. The highest BCUT2D eigenvalue weighted by Gasteiger charge is 2.21. The van der Waals surface area contributed by atoms with Crippen LogP contribution in [0.5, 0.6) is 0 Å². The van der Waals surface area contributed by atoms with Gasteiger partial charge in [-0.3, -0.25) is 4.79 Å². The zero-order valence-corrected chi connectivity index (χ0v) is 13.6. The van der Waals surface area contributed by atoms with E-state index in [-0.39, 0.29) is 11.9 Å². The van der Waals surface area contributed by atoms with Gasteiger partial charge in [0, 0.05) is 11.4 Å². The van der Waals surface area contributed by atoms with E-state index in [1.54, 1.807) is 0 Å². The van der Waals surface area contributed by atoms with Crippen LogP contribution >= 0.6 is 11.6 Å². The normalized spacial score (nSPS) is 17.7. The van der Waals surface area contributed by atoms with Gasteiger partial charge in [-0.05, 0) is 55.5 Å². The number of piperidine rings is 1. The third-order valence-electron chi connectivity index (χ3n) is 4.15. The molecule has 2 N–H and O–H groups in total. The van der Waals surface area contributed by atoms with Gasteiger partial charge in [0.05, 0.1) is 6.04 Å². The molecule has 0 radical (unpaired) electrons. The van der Waals surface area contributed by atoms with E-state index in [2.05, 4.69) is 24.5 Å². The SMILES string of the molecule is CC(C)C(NC(=O)CC1CCNCC1)c1ccc(Cl)cc1. The van der Waals surface area contributed by atoms with E-state index in [4.69, 9.17) is 11.6 Å². The molecule has 1 unspecified atom stereocenters. The minimum Gasteiger partial charge on any atom is -0.349 e. The standard InChI is InChI=1S/C17H25ClN2O/c1-12(2)17(14-3-5-15(18)6-4-14)20-16(21)11-13-7-9-19-10-8-13/h3-6,12-13,17,19H,7-11H2,1-2H3,(H,20,21). The van der Waals surface area contributed by atoms with Crippen molar-refractivity contribution in [1.29, 1.82) is 0 Å². The minimum absolute atomic E-state index is 0.0523. The monoisotopic (exact) mass is 308 g/mol. The lowest BCUT2D eigenvalue weighted by Gasteiger charge is -2.26. The van der Waals surface area contributed by atoms with E-state index < -0.39 is 0 Å². The van der Waals surface area contributed by atoms with E-state index >= 15 is 0 Å². The predicted octanol–water partition coefficient (Wildman–Crippen LogP) is 3.54. The van der Waals surface area contributed by atoms with Crippen molar-refractivity contribution in [1.82, 2.24) is 10.6 Å². The van der Waals surface area contributed by atoms with Gasteiger partial charge in [0.15, 0.2) is 0 Å². The van der Waals surface area contributed by atoms with Crippen molar-refractivity contribution in [3.8, 4) is 0 Å². The first-order valence-electron chi connectivity index (χ1n) is 7.82. The topological polar surface area (TPSA) is 41.1 Å². The van der Waals surface area contributed by atoms with Crippen LogP contribution in [0, 0.1) is 11.8 Å². The lowest BCUT2D eigenvalue weighted by atomic mass is 9.92. The molecule has 116 valence electrons.